The molecule has 0 fully saturated rings. The topological polar surface area (TPSA) is 44.8 Å². The van der Waals surface area contributed by atoms with Crippen molar-refractivity contribution in [2.75, 3.05) is 21.3 Å². The third-order valence-corrected chi connectivity index (χ3v) is 5.38. The van der Waals surface area contributed by atoms with Crippen LogP contribution in [0.1, 0.15) is 21.5 Å². The van der Waals surface area contributed by atoms with Gasteiger partial charge in [0.15, 0.2) is 11.5 Å². The molecule has 0 atom stereocenters. The van der Waals surface area contributed by atoms with E-state index in [-0.39, 0.29) is 5.82 Å². The fraction of sp³-hybridized carbons (Fsp3) is 0.208. The number of carbonyl (C=O) groups is 1. The van der Waals surface area contributed by atoms with Gasteiger partial charge in [0, 0.05) is 5.56 Å². The Morgan fingerprint density at radius 3 is 2.07 bits per heavy atom. The van der Waals surface area contributed by atoms with Gasteiger partial charge in [0.1, 0.15) is 5.82 Å². The maximum atomic E-state index is 14.5. The Labute approximate surface area is 168 Å². The van der Waals surface area contributed by atoms with E-state index in [1.165, 1.54) is 13.2 Å². The van der Waals surface area contributed by atoms with Crippen LogP contribution in [-0.2, 0) is 17.6 Å². The van der Waals surface area contributed by atoms with Gasteiger partial charge >= 0.3 is 5.97 Å². The van der Waals surface area contributed by atoms with Crippen LogP contribution < -0.4 is 9.47 Å². The molecule has 0 saturated carbocycles. The fourth-order valence-electron chi connectivity index (χ4n) is 3.93. The number of esters is 1. The van der Waals surface area contributed by atoms with E-state index in [4.69, 9.17) is 14.2 Å². The SMILES string of the molecule is COC(=O)c1cc2c(cc1-c1ccccc1F)CCc1cc(OC)c(OC)cc1-2. The highest BCUT2D eigenvalue weighted by molar-refractivity contribution is 6.00. The van der Waals surface area contributed by atoms with Crippen molar-refractivity contribution in [2.24, 2.45) is 0 Å². The molecule has 0 aromatic heterocycles. The summed E-state index contributed by atoms with van der Waals surface area (Å²) in [5.41, 5.74) is 5.33. The van der Waals surface area contributed by atoms with Crippen LogP contribution in [0.3, 0.4) is 0 Å². The van der Waals surface area contributed by atoms with Crippen LogP contribution >= 0.6 is 0 Å². The van der Waals surface area contributed by atoms with Crippen molar-refractivity contribution in [3.05, 3.63) is 71.0 Å². The van der Waals surface area contributed by atoms with Crippen molar-refractivity contribution in [2.45, 2.75) is 12.8 Å². The average molecular weight is 392 g/mol. The third-order valence-electron chi connectivity index (χ3n) is 5.38. The zero-order valence-electron chi connectivity index (χ0n) is 16.5. The molecule has 0 bridgehead atoms. The van der Waals surface area contributed by atoms with Crippen LogP contribution in [0.15, 0.2) is 48.5 Å². The Morgan fingerprint density at radius 1 is 0.793 bits per heavy atom. The summed E-state index contributed by atoms with van der Waals surface area (Å²) in [4.78, 5) is 12.6. The van der Waals surface area contributed by atoms with Crippen LogP contribution in [-0.4, -0.2) is 27.3 Å². The van der Waals surface area contributed by atoms with E-state index in [0.29, 0.717) is 28.2 Å². The number of fused-ring (bicyclic) bond motifs is 3. The zero-order chi connectivity index (χ0) is 20.5. The van der Waals surface area contributed by atoms with Crippen molar-refractivity contribution in [1.29, 1.82) is 0 Å². The second-order valence-corrected chi connectivity index (χ2v) is 6.89. The van der Waals surface area contributed by atoms with E-state index in [2.05, 4.69) is 0 Å². The second kappa shape index (κ2) is 7.59. The van der Waals surface area contributed by atoms with Crippen LogP contribution in [0.25, 0.3) is 22.3 Å². The predicted molar refractivity (Wildman–Crippen MR) is 109 cm³/mol. The Bertz CT molecular complexity index is 1100. The molecule has 0 spiro atoms. The molecule has 29 heavy (non-hydrogen) atoms. The van der Waals surface area contributed by atoms with E-state index < -0.39 is 5.97 Å². The van der Waals surface area contributed by atoms with E-state index in [9.17, 15) is 9.18 Å². The summed E-state index contributed by atoms with van der Waals surface area (Å²) in [6.45, 7) is 0. The molecule has 4 rings (SSSR count). The first-order valence-electron chi connectivity index (χ1n) is 9.32. The molecule has 5 heteroatoms. The van der Waals surface area contributed by atoms with E-state index in [1.807, 2.05) is 18.2 Å². The number of halogens is 1. The van der Waals surface area contributed by atoms with Gasteiger partial charge in [-0.25, -0.2) is 9.18 Å². The second-order valence-electron chi connectivity index (χ2n) is 6.89. The molecule has 0 saturated heterocycles. The molecular weight excluding hydrogens is 371 g/mol. The summed E-state index contributed by atoms with van der Waals surface area (Å²) >= 11 is 0. The Balaban J connectivity index is 1.96. The van der Waals surface area contributed by atoms with Gasteiger partial charge in [0.25, 0.3) is 0 Å². The fourth-order valence-corrected chi connectivity index (χ4v) is 3.93. The lowest BCUT2D eigenvalue weighted by atomic mass is 9.82. The lowest BCUT2D eigenvalue weighted by Gasteiger charge is -2.24. The van der Waals surface area contributed by atoms with Crippen LogP contribution in [0.4, 0.5) is 4.39 Å². The van der Waals surface area contributed by atoms with Gasteiger partial charge in [-0.3, -0.25) is 0 Å². The smallest absolute Gasteiger partial charge is 0.338 e. The van der Waals surface area contributed by atoms with Gasteiger partial charge in [-0.05, 0) is 71.0 Å². The van der Waals surface area contributed by atoms with Gasteiger partial charge < -0.3 is 14.2 Å². The van der Waals surface area contributed by atoms with Gasteiger partial charge in [0.2, 0.25) is 0 Å². The summed E-state index contributed by atoms with van der Waals surface area (Å²) in [6, 6.07) is 14.1. The zero-order valence-corrected chi connectivity index (χ0v) is 16.5. The highest BCUT2D eigenvalue weighted by Crippen LogP contribution is 2.43. The molecule has 0 amide bonds. The normalized spacial score (nSPS) is 12.0. The predicted octanol–water partition coefficient (Wildman–Crippen LogP) is 5.06. The van der Waals surface area contributed by atoms with Crippen LogP contribution in [0, 0.1) is 5.82 Å². The van der Waals surface area contributed by atoms with Crippen molar-refractivity contribution in [1.82, 2.24) is 0 Å². The van der Waals surface area contributed by atoms with Gasteiger partial charge in [-0.2, -0.15) is 0 Å². The molecule has 0 heterocycles. The maximum Gasteiger partial charge on any atom is 0.338 e. The molecule has 1 aliphatic rings. The summed E-state index contributed by atoms with van der Waals surface area (Å²) < 4.78 is 30.4. The minimum atomic E-state index is -0.501. The number of aryl methyl sites for hydroxylation is 2. The highest BCUT2D eigenvalue weighted by Gasteiger charge is 2.25. The minimum Gasteiger partial charge on any atom is -0.493 e. The molecule has 3 aromatic rings. The van der Waals surface area contributed by atoms with Gasteiger partial charge in [-0.1, -0.05) is 18.2 Å². The number of hydrogen-bond acceptors (Lipinski definition) is 4. The monoisotopic (exact) mass is 392 g/mol. The lowest BCUT2D eigenvalue weighted by Crippen LogP contribution is -2.10. The summed E-state index contributed by atoms with van der Waals surface area (Å²) in [5, 5.41) is 0. The van der Waals surface area contributed by atoms with Gasteiger partial charge in [0.05, 0.1) is 26.9 Å². The first kappa shape index (κ1) is 19.0. The molecule has 0 radical (unpaired) electrons. The van der Waals surface area contributed by atoms with Crippen molar-refractivity contribution in [3.8, 4) is 33.8 Å². The summed E-state index contributed by atoms with van der Waals surface area (Å²) in [6.07, 6.45) is 1.59. The molecule has 0 aliphatic heterocycles. The highest BCUT2D eigenvalue weighted by atomic mass is 19.1. The quantitative estimate of drug-likeness (QED) is 0.582. The molecule has 148 valence electrons. The summed E-state index contributed by atoms with van der Waals surface area (Å²) in [7, 11) is 4.53. The van der Waals surface area contributed by atoms with E-state index in [0.717, 1.165) is 35.1 Å². The molecule has 1 aliphatic carbocycles. The maximum absolute atomic E-state index is 14.5. The van der Waals surface area contributed by atoms with Crippen LogP contribution in [0.2, 0.25) is 0 Å². The van der Waals surface area contributed by atoms with Crippen molar-refractivity contribution in [3.63, 3.8) is 0 Å². The third kappa shape index (κ3) is 3.23. The average Bonchev–Trinajstić information content (AvgIpc) is 2.76. The van der Waals surface area contributed by atoms with E-state index >= 15 is 0 Å². The molecule has 0 unspecified atom stereocenters. The van der Waals surface area contributed by atoms with Crippen LogP contribution in [0.5, 0.6) is 11.5 Å². The number of ether oxygens (including phenoxy) is 3. The number of hydrogen-bond donors (Lipinski definition) is 0. The van der Waals surface area contributed by atoms with Gasteiger partial charge in [-0.15, -0.1) is 0 Å². The number of methoxy groups -OCH3 is 3. The Hall–Kier alpha value is -3.34. The molecule has 4 nitrogen and oxygen atoms in total. The largest absolute Gasteiger partial charge is 0.493 e. The van der Waals surface area contributed by atoms with Crippen molar-refractivity contribution >= 4 is 5.97 Å². The number of carbonyl (C=O) groups excluding carboxylic acids is 1. The first-order valence-corrected chi connectivity index (χ1v) is 9.32. The Kier molecular flexibility index (Phi) is 4.97. The molecular formula is C24H21FO4. The Morgan fingerprint density at radius 2 is 1.41 bits per heavy atom. The lowest BCUT2D eigenvalue weighted by molar-refractivity contribution is 0.0601. The standard InChI is InChI=1S/C24H21FO4/c1-27-22-11-15-9-8-14-10-19(16-6-4-5-7-21(16)25)20(24(26)29-3)12-17(14)18(15)13-23(22)28-2/h4-7,10-13H,8-9H2,1-3H3. The summed E-state index contributed by atoms with van der Waals surface area (Å²) in [5.74, 6) is 0.418. The number of rotatable bonds is 4. The molecule has 3 aromatic carbocycles. The molecule has 0 N–H and O–H groups in total. The minimum absolute atomic E-state index is 0.332. The van der Waals surface area contributed by atoms with E-state index in [1.54, 1.807) is 38.5 Å². The number of benzene rings is 3. The van der Waals surface area contributed by atoms with Crippen molar-refractivity contribution < 1.29 is 23.4 Å². The first-order chi connectivity index (χ1) is 14.1.